The first-order valence-electron chi connectivity index (χ1n) is 5.84. The Labute approximate surface area is 111 Å². The van der Waals surface area contributed by atoms with Gasteiger partial charge in [0.2, 0.25) is 10.0 Å². The fraction of sp³-hybridized carbons (Fsp3) is 0.333. The first-order valence-corrected chi connectivity index (χ1v) is 7.32. The summed E-state index contributed by atoms with van der Waals surface area (Å²) in [6.07, 6.45) is 3.38. The van der Waals surface area contributed by atoms with Gasteiger partial charge in [0.15, 0.2) is 0 Å². The molecule has 0 saturated heterocycles. The molecule has 2 aromatic rings. The maximum Gasteiger partial charge on any atom is 0.242 e. The second kappa shape index (κ2) is 5.60. The molecule has 2 heterocycles. The van der Waals surface area contributed by atoms with Gasteiger partial charge in [-0.25, -0.2) is 13.1 Å². The Morgan fingerprint density at radius 2 is 2.32 bits per heavy atom. The predicted octanol–water partition coefficient (Wildman–Crippen LogP) is 1.01. The van der Waals surface area contributed by atoms with Crippen molar-refractivity contribution in [2.24, 2.45) is 0 Å². The van der Waals surface area contributed by atoms with E-state index in [4.69, 9.17) is 9.52 Å². The highest BCUT2D eigenvalue weighted by Crippen LogP contribution is 2.12. The lowest BCUT2D eigenvalue weighted by atomic mass is 10.2. The second-order valence-electron chi connectivity index (χ2n) is 4.32. The molecule has 2 aromatic heterocycles. The monoisotopic (exact) mass is 284 g/mol. The van der Waals surface area contributed by atoms with E-state index < -0.39 is 10.0 Å². The quantitative estimate of drug-likeness (QED) is 0.737. The van der Waals surface area contributed by atoms with Crippen LogP contribution in [0.3, 0.4) is 0 Å². The summed E-state index contributed by atoms with van der Waals surface area (Å²) in [5, 5.41) is 8.91. The maximum absolute atomic E-state index is 12.1. The molecule has 3 N–H and O–H groups in total. The molecule has 0 radical (unpaired) electrons. The summed E-state index contributed by atoms with van der Waals surface area (Å²) >= 11 is 0. The molecule has 0 bridgehead atoms. The lowest BCUT2D eigenvalue weighted by Gasteiger charge is -2.11. The highest BCUT2D eigenvalue weighted by atomic mass is 32.2. The van der Waals surface area contributed by atoms with E-state index in [9.17, 15) is 8.42 Å². The third-order valence-corrected chi connectivity index (χ3v) is 4.21. The normalized spacial score (nSPS) is 13.6. The van der Waals surface area contributed by atoms with E-state index in [2.05, 4.69) is 9.71 Å². The van der Waals surface area contributed by atoms with Crippen LogP contribution in [-0.2, 0) is 23.1 Å². The number of furan rings is 1. The van der Waals surface area contributed by atoms with Crippen molar-refractivity contribution < 1.29 is 17.9 Å². The largest absolute Gasteiger partial charge is 0.469 e. The summed E-state index contributed by atoms with van der Waals surface area (Å²) in [7, 11) is -3.59. The fourth-order valence-electron chi connectivity index (χ4n) is 1.77. The molecule has 6 nitrogen and oxygen atoms in total. The van der Waals surface area contributed by atoms with Crippen molar-refractivity contribution in [3.05, 3.63) is 42.1 Å². The molecule has 0 aromatic carbocycles. The van der Waals surface area contributed by atoms with Gasteiger partial charge in [0.05, 0.1) is 17.8 Å². The number of sulfonamides is 1. The summed E-state index contributed by atoms with van der Waals surface area (Å²) < 4.78 is 31.8. The Kier molecular flexibility index (Phi) is 4.08. The zero-order valence-corrected chi connectivity index (χ0v) is 11.3. The minimum atomic E-state index is -3.59. The van der Waals surface area contributed by atoms with Gasteiger partial charge >= 0.3 is 0 Å². The Morgan fingerprint density at radius 1 is 1.53 bits per heavy atom. The van der Waals surface area contributed by atoms with Gasteiger partial charge in [-0.1, -0.05) is 0 Å². The summed E-state index contributed by atoms with van der Waals surface area (Å²) in [5.74, 6) is 0.723. The summed E-state index contributed by atoms with van der Waals surface area (Å²) in [6.45, 7) is 1.54. The van der Waals surface area contributed by atoms with Crippen molar-refractivity contribution in [3.63, 3.8) is 0 Å². The van der Waals surface area contributed by atoms with Crippen molar-refractivity contribution >= 4 is 10.0 Å². The molecule has 19 heavy (non-hydrogen) atoms. The van der Waals surface area contributed by atoms with Gasteiger partial charge in [-0.2, -0.15) is 0 Å². The van der Waals surface area contributed by atoms with E-state index in [0.717, 1.165) is 5.76 Å². The van der Waals surface area contributed by atoms with E-state index in [1.165, 1.54) is 12.3 Å². The zero-order valence-electron chi connectivity index (χ0n) is 10.5. The van der Waals surface area contributed by atoms with Crippen LogP contribution in [0.5, 0.6) is 0 Å². The number of aromatic amines is 1. The van der Waals surface area contributed by atoms with E-state index in [-0.39, 0.29) is 17.5 Å². The van der Waals surface area contributed by atoms with Crippen molar-refractivity contribution in [1.82, 2.24) is 9.71 Å². The maximum atomic E-state index is 12.1. The lowest BCUT2D eigenvalue weighted by molar-refractivity contribution is 0.277. The molecule has 0 spiro atoms. The molecule has 0 aliphatic heterocycles. The van der Waals surface area contributed by atoms with Gasteiger partial charge < -0.3 is 14.5 Å². The van der Waals surface area contributed by atoms with Crippen LogP contribution in [0.15, 0.2) is 40.0 Å². The number of nitrogens with one attached hydrogen (secondary N) is 2. The third kappa shape index (κ3) is 3.46. The molecule has 0 saturated carbocycles. The molecule has 0 fully saturated rings. The van der Waals surface area contributed by atoms with Crippen molar-refractivity contribution in [2.75, 3.05) is 0 Å². The van der Waals surface area contributed by atoms with Gasteiger partial charge in [0, 0.05) is 24.4 Å². The van der Waals surface area contributed by atoms with Crippen LogP contribution in [0.25, 0.3) is 0 Å². The molecular formula is C12H16N2O4S. The number of aliphatic hydroxyl groups is 1. The average Bonchev–Trinajstić information content (AvgIpc) is 2.97. The molecule has 1 atom stereocenters. The van der Waals surface area contributed by atoms with Crippen LogP contribution >= 0.6 is 0 Å². The number of hydrogen-bond acceptors (Lipinski definition) is 4. The van der Waals surface area contributed by atoms with E-state index >= 15 is 0 Å². The average molecular weight is 284 g/mol. The van der Waals surface area contributed by atoms with Crippen LogP contribution in [0.2, 0.25) is 0 Å². The van der Waals surface area contributed by atoms with Crippen LogP contribution in [-0.4, -0.2) is 24.6 Å². The molecule has 0 aliphatic carbocycles. The van der Waals surface area contributed by atoms with Gasteiger partial charge in [0.1, 0.15) is 5.76 Å². The smallest absolute Gasteiger partial charge is 0.242 e. The molecular weight excluding hydrogens is 268 g/mol. The molecule has 1 unspecified atom stereocenters. The predicted molar refractivity (Wildman–Crippen MR) is 68.9 cm³/mol. The van der Waals surface area contributed by atoms with Crippen molar-refractivity contribution in [2.45, 2.75) is 30.9 Å². The SMILES string of the molecule is CC(Cc1ccco1)NS(=O)(=O)c1c[nH]c(CO)c1. The Bertz CT molecular complexity index is 616. The molecule has 7 heteroatoms. The van der Waals surface area contributed by atoms with Crippen molar-refractivity contribution in [1.29, 1.82) is 0 Å². The molecule has 0 amide bonds. The highest BCUT2D eigenvalue weighted by molar-refractivity contribution is 7.89. The van der Waals surface area contributed by atoms with Crippen LogP contribution in [0.4, 0.5) is 0 Å². The topological polar surface area (TPSA) is 95.3 Å². The number of aliphatic hydroxyl groups excluding tert-OH is 1. The number of rotatable bonds is 6. The first-order chi connectivity index (χ1) is 9.01. The van der Waals surface area contributed by atoms with E-state index in [1.807, 2.05) is 0 Å². The van der Waals surface area contributed by atoms with Gasteiger partial charge in [-0.05, 0) is 25.1 Å². The number of hydrogen-bond donors (Lipinski definition) is 3. The summed E-state index contributed by atoms with van der Waals surface area (Å²) in [4.78, 5) is 2.81. The van der Waals surface area contributed by atoms with E-state index in [0.29, 0.717) is 12.1 Å². The van der Waals surface area contributed by atoms with E-state index in [1.54, 1.807) is 25.3 Å². The molecule has 2 rings (SSSR count). The van der Waals surface area contributed by atoms with Crippen LogP contribution in [0, 0.1) is 0 Å². The first kappa shape index (κ1) is 13.9. The van der Waals surface area contributed by atoms with Crippen molar-refractivity contribution in [3.8, 4) is 0 Å². The Hall–Kier alpha value is -1.57. The lowest BCUT2D eigenvalue weighted by Crippen LogP contribution is -2.33. The Morgan fingerprint density at radius 3 is 2.89 bits per heavy atom. The third-order valence-electron chi connectivity index (χ3n) is 2.64. The van der Waals surface area contributed by atoms with Gasteiger partial charge in [-0.3, -0.25) is 0 Å². The van der Waals surface area contributed by atoms with Gasteiger partial charge in [-0.15, -0.1) is 0 Å². The Balaban J connectivity index is 2.04. The zero-order chi connectivity index (χ0) is 13.9. The molecule has 104 valence electrons. The molecule has 0 aliphatic rings. The minimum Gasteiger partial charge on any atom is -0.469 e. The number of aromatic nitrogens is 1. The summed E-state index contributed by atoms with van der Waals surface area (Å²) in [6, 6.07) is 4.67. The number of H-pyrrole nitrogens is 1. The van der Waals surface area contributed by atoms with Gasteiger partial charge in [0.25, 0.3) is 0 Å². The second-order valence-corrected chi connectivity index (χ2v) is 6.04. The minimum absolute atomic E-state index is 0.114. The standard InChI is InChI=1S/C12H16N2O4S/c1-9(5-11-3-2-4-18-11)14-19(16,17)12-6-10(8-15)13-7-12/h2-4,6-7,9,13-15H,5,8H2,1H3. The highest BCUT2D eigenvalue weighted by Gasteiger charge is 2.19. The van der Waals surface area contributed by atoms with Crippen LogP contribution < -0.4 is 4.72 Å². The van der Waals surface area contributed by atoms with Crippen LogP contribution in [0.1, 0.15) is 18.4 Å². The summed E-state index contributed by atoms with van der Waals surface area (Å²) in [5.41, 5.74) is 0.457. The fourth-order valence-corrected chi connectivity index (χ4v) is 3.03.